The van der Waals surface area contributed by atoms with Crippen LogP contribution in [0.1, 0.15) is 27.2 Å². The highest BCUT2D eigenvalue weighted by Gasteiger charge is 2.11. The van der Waals surface area contributed by atoms with Gasteiger partial charge < -0.3 is 15.6 Å². The quantitative estimate of drug-likeness (QED) is 0.434. The lowest BCUT2D eigenvalue weighted by molar-refractivity contribution is 0.102. The molecule has 0 fully saturated rings. The minimum absolute atomic E-state index is 0.206. The van der Waals surface area contributed by atoms with Gasteiger partial charge in [0.25, 0.3) is 5.91 Å². The number of aromatic amines is 1. The fraction of sp³-hybridized carbons (Fsp3) is 0.167. The van der Waals surface area contributed by atoms with E-state index in [1.807, 2.05) is 44.2 Å². The predicted molar refractivity (Wildman–Crippen MR) is 119 cm³/mol. The zero-order valence-corrected chi connectivity index (χ0v) is 16.6. The van der Waals surface area contributed by atoms with Crippen molar-refractivity contribution < 1.29 is 4.79 Å². The van der Waals surface area contributed by atoms with Crippen molar-refractivity contribution in [3.63, 3.8) is 0 Å². The first-order chi connectivity index (χ1) is 14.1. The summed E-state index contributed by atoms with van der Waals surface area (Å²) < 4.78 is 0. The molecule has 0 aliphatic carbocycles. The van der Waals surface area contributed by atoms with Crippen molar-refractivity contribution in [1.29, 1.82) is 0 Å². The Labute approximate surface area is 170 Å². The Morgan fingerprint density at radius 2 is 1.83 bits per heavy atom. The second-order valence-corrected chi connectivity index (χ2v) is 7.19. The topological polar surface area (TPSA) is 69.8 Å². The molecular weight excluding hydrogens is 360 g/mol. The number of pyridine rings is 1. The maximum atomic E-state index is 12.7. The Balaban J connectivity index is 1.41. The third-order valence-corrected chi connectivity index (χ3v) is 5.11. The molecule has 4 aromatic rings. The van der Waals surface area contributed by atoms with Gasteiger partial charge in [0.15, 0.2) is 0 Å². The SMILES string of the molecule is Cc1cccc(C)c1NC(=O)c1cc(NCCc2c[nH]c3ccccc23)ccn1. The molecule has 0 saturated heterocycles. The molecule has 29 heavy (non-hydrogen) atoms. The molecule has 5 heteroatoms. The first-order valence-corrected chi connectivity index (χ1v) is 9.74. The summed E-state index contributed by atoms with van der Waals surface area (Å²) in [5, 5.41) is 7.63. The molecule has 146 valence electrons. The van der Waals surface area contributed by atoms with Gasteiger partial charge >= 0.3 is 0 Å². The summed E-state index contributed by atoms with van der Waals surface area (Å²) in [6.07, 6.45) is 4.60. The Morgan fingerprint density at radius 3 is 2.66 bits per heavy atom. The van der Waals surface area contributed by atoms with E-state index in [4.69, 9.17) is 0 Å². The molecule has 0 unspecified atom stereocenters. The first kappa shape index (κ1) is 18.7. The zero-order valence-electron chi connectivity index (χ0n) is 16.6. The third kappa shape index (κ3) is 4.14. The van der Waals surface area contributed by atoms with Gasteiger partial charge in [0.05, 0.1) is 0 Å². The van der Waals surface area contributed by atoms with Crippen LogP contribution in [-0.2, 0) is 6.42 Å². The van der Waals surface area contributed by atoms with E-state index in [9.17, 15) is 4.79 Å². The van der Waals surface area contributed by atoms with Crippen LogP contribution in [0.25, 0.3) is 10.9 Å². The monoisotopic (exact) mass is 384 g/mol. The Kier molecular flexibility index (Phi) is 5.29. The van der Waals surface area contributed by atoms with Gasteiger partial charge in [-0.2, -0.15) is 0 Å². The smallest absolute Gasteiger partial charge is 0.274 e. The van der Waals surface area contributed by atoms with Crippen molar-refractivity contribution in [2.45, 2.75) is 20.3 Å². The predicted octanol–water partition coefficient (Wildman–Crippen LogP) is 5.09. The highest BCUT2D eigenvalue weighted by molar-refractivity contribution is 6.04. The average molecular weight is 384 g/mol. The van der Waals surface area contributed by atoms with Gasteiger partial charge in [-0.3, -0.25) is 9.78 Å². The van der Waals surface area contributed by atoms with E-state index >= 15 is 0 Å². The summed E-state index contributed by atoms with van der Waals surface area (Å²) in [5.74, 6) is -0.206. The Bertz CT molecular complexity index is 1140. The molecule has 3 N–H and O–H groups in total. The highest BCUT2D eigenvalue weighted by Crippen LogP contribution is 2.21. The number of carbonyl (C=O) groups excluding carboxylic acids is 1. The van der Waals surface area contributed by atoms with Crippen molar-refractivity contribution >= 4 is 28.2 Å². The molecule has 0 aliphatic rings. The number of aromatic nitrogens is 2. The van der Waals surface area contributed by atoms with Gasteiger partial charge in [0, 0.05) is 41.2 Å². The number of nitrogens with one attached hydrogen (secondary N) is 3. The van der Waals surface area contributed by atoms with Crippen LogP contribution in [0.2, 0.25) is 0 Å². The van der Waals surface area contributed by atoms with E-state index < -0.39 is 0 Å². The molecule has 5 nitrogen and oxygen atoms in total. The highest BCUT2D eigenvalue weighted by atomic mass is 16.1. The number of amides is 1. The third-order valence-electron chi connectivity index (χ3n) is 5.11. The number of hydrogen-bond donors (Lipinski definition) is 3. The molecule has 0 saturated carbocycles. The van der Waals surface area contributed by atoms with Crippen LogP contribution in [0, 0.1) is 13.8 Å². The van der Waals surface area contributed by atoms with Crippen LogP contribution in [0.3, 0.4) is 0 Å². The lowest BCUT2D eigenvalue weighted by Crippen LogP contribution is -2.16. The standard InChI is InChI=1S/C24H24N4O/c1-16-6-5-7-17(2)23(16)28-24(29)22-14-19(11-13-26-22)25-12-10-18-15-27-21-9-4-3-8-20(18)21/h3-9,11,13-15,27H,10,12H2,1-2H3,(H,25,26)(H,28,29). The van der Waals surface area contributed by atoms with Crippen molar-refractivity contribution in [2.24, 2.45) is 0 Å². The average Bonchev–Trinajstić information content (AvgIpc) is 3.14. The molecule has 0 bridgehead atoms. The van der Waals surface area contributed by atoms with Crippen LogP contribution in [0.4, 0.5) is 11.4 Å². The summed E-state index contributed by atoms with van der Waals surface area (Å²) in [4.78, 5) is 20.2. The number of carbonyl (C=O) groups is 1. The van der Waals surface area contributed by atoms with Crippen LogP contribution < -0.4 is 10.6 Å². The number of benzene rings is 2. The molecule has 2 aromatic heterocycles. The van der Waals surface area contributed by atoms with Gasteiger partial charge in [-0.05, 0) is 55.2 Å². The zero-order chi connectivity index (χ0) is 20.2. The molecule has 0 radical (unpaired) electrons. The van der Waals surface area contributed by atoms with E-state index in [1.54, 1.807) is 12.3 Å². The Morgan fingerprint density at radius 1 is 1.03 bits per heavy atom. The number of H-pyrrole nitrogens is 1. The van der Waals surface area contributed by atoms with E-state index in [-0.39, 0.29) is 5.91 Å². The fourth-order valence-electron chi connectivity index (χ4n) is 3.53. The summed E-state index contributed by atoms with van der Waals surface area (Å²) in [6, 6.07) is 17.9. The van der Waals surface area contributed by atoms with Crippen molar-refractivity contribution in [3.8, 4) is 0 Å². The second-order valence-electron chi connectivity index (χ2n) is 7.19. The van der Waals surface area contributed by atoms with Crippen LogP contribution >= 0.6 is 0 Å². The number of para-hydroxylation sites is 2. The van der Waals surface area contributed by atoms with Gasteiger partial charge in [-0.15, -0.1) is 0 Å². The number of hydrogen-bond acceptors (Lipinski definition) is 3. The minimum Gasteiger partial charge on any atom is -0.385 e. The van der Waals surface area contributed by atoms with Crippen LogP contribution in [0.15, 0.2) is 67.0 Å². The summed E-state index contributed by atoms with van der Waals surface area (Å²) in [5.41, 5.74) is 6.61. The van der Waals surface area contributed by atoms with Gasteiger partial charge in [0.2, 0.25) is 0 Å². The van der Waals surface area contributed by atoms with E-state index in [2.05, 4.69) is 45.0 Å². The number of rotatable bonds is 6. The van der Waals surface area contributed by atoms with E-state index in [0.717, 1.165) is 41.0 Å². The maximum absolute atomic E-state index is 12.7. The van der Waals surface area contributed by atoms with Crippen LogP contribution in [-0.4, -0.2) is 22.4 Å². The molecule has 2 heterocycles. The summed E-state index contributed by atoms with van der Waals surface area (Å²) >= 11 is 0. The molecule has 1 amide bonds. The molecule has 0 spiro atoms. The number of anilines is 2. The lowest BCUT2D eigenvalue weighted by Gasteiger charge is -2.12. The lowest BCUT2D eigenvalue weighted by atomic mass is 10.1. The maximum Gasteiger partial charge on any atom is 0.274 e. The number of aryl methyl sites for hydroxylation is 2. The second kappa shape index (κ2) is 8.19. The molecule has 2 aromatic carbocycles. The Hall–Kier alpha value is -3.60. The van der Waals surface area contributed by atoms with Gasteiger partial charge in [-0.25, -0.2) is 0 Å². The largest absolute Gasteiger partial charge is 0.385 e. The van der Waals surface area contributed by atoms with Gasteiger partial charge in [0.1, 0.15) is 5.69 Å². The number of nitrogens with zero attached hydrogens (tertiary/aromatic N) is 1. The normalized spacial score (nSPS) is 10.8. The minimum atomic E-state index is -0.206. The van der Waals surface area contributed by atoms with Crippen molar-refractivity contribution in [3.05, 3.63) is 89.4 Å². The molecule has 0 atom stereocenters. The fourth-order valence-corrected chi connectivity index (χ4v) is 3.53. The van der Waals surface area contributed by atoms with E-state index in [0.29, 0.717) is 5.69 Å². The molecule has 0 aliphatic heterocycles. The van der Waals surface area contributed by atoms with Crippen molar-refractivity contribution in [2.75, 3.05) is 17.2 Å². The number of fused-ring (bicyclic) bond motifs is 1. The summed E-state index contributed by atoms with van der Waals surface area (Å²) in [6.45, 7) is 4.74. The van der Waals surface area contributed by atoms with Crippen molar-refractivity contribution in [1.82, 2.24) is 9.97 Å². The molecular formula is C24H24N4O. The van der Waals surface area contributed by atoms with E-state index in [1.165, 1.54) is 10.9 Å². The summed E-state index contributed by atoms with van der Waals surface area (Å²) in [7, 11) is 0. The first-order valence-electron chi connectivity index (χ1n) is 9.74. The van der Waals surface area contributed by atoms with Crippen LogP contribution in [0.5, 0.6) is 0 Å². The van der Waals surface area contributed by atoms with Gasteiger partial charge in [-0.1, -0.05) is 36.4 Å². The molecule has 4 rings (SSSR count).